The van der Waals surface area contributed by atoms with E-state index in [1.807, 2.05) is 18.2 Å². The summed E-state index contributed by atoms with van der Waals surface area (Å²) in [6.45, 7) is 0.228. The van der Waals surface area contributed by atoms with Crippen LogP contribution >= 0.6 is 11.6 Å². The topological polar surface area (TPSA) is 58.9 Å². The first kappa shape index (κ1) is 14.1. The Hall–Kier alpha value is -2.33. The fourth-order valence-electron chi connectivity index (χ4n) is 1.62. The number of aromatic carboxylic acids is 1. The number of hydrogen-bond acceptors (Lipinski definition) is 3. The first-order valence-corrected chi connectivity index (χ1v) is 6.27. The predicted molar refractivity (Wildman–Crippen MR) is 77.2 cm³/mol. The highest BCUT2D eigenvalue weighted by Gasteiger charge is 2.06. The lowest BCUT2D eigenvalue weighted by Gasteiger charge is -2.02. The molecule has 2 aromatic carbocycles. The van der Waals surface area contributed by atoms with Gasteiger partial charge in [-0.15, -0.1) is 0 Å². The van der Waals surface area contributed by atoms with Gasteiger partial charge in [-0.3, -0.25) is 0 Å². The van der Waals surface area contributed by atoms with Crippen LogP contribution in [-0.2, 0) is 11.4 Å². The number of oxime groups is 1. The number of nitrogens with zero attached hydrogens (tertiary/aromatic N) is 1. The molecule has 4 nitrogen and oxygen atoms in total. The summed E-state index contributed by atoms with van der Waals surface area (Å²) in [6.07, 6.45) is 1.38. The van der Waals surface area contributed by atoms with Crippen molar-refractivity contribution in [2.75, 3.05) is 0 Å². The van der Waals surface area contributed by atoms with E-state index in [0.29, 0.717) is 10.6 Å². The van der Waals surface area contributed by atoms with Gasteiger partial charge in [0.1, 0.15) is 6.61 Å². The first-order valence-electron chi connectivity index (χ1n) is 5.89. The minimum absolute atomic E-state index is 0.178. The maximum atomic E-state index is 11.0. The molecule has 5 heteroatoms. The molecule has 0 amide bonds. The van der Waals surface area contributed by atoms with Gasteiger partial charge in [-0.2, -0.15) is 0 Å². The first-order chi connectivity index (χ1) is 9.68. The van der Waals surface area contributed by atoms with Gasteiger partial charge in [0, 0.05) is 16.1 Å². The molecule has 0 bridgehead atoms. The van der Waals surface area contributed by atoms with Gasteiger partial charge in [-0.1, -0.05) is 53.2 Å². The van der Waals surface area contributed by atoms with Gasteiger partial charge in [0.05, 0.1) is 11.8 Å². The van der Waals surface area contributed by atoms with E-state index >= 15 is 0 Å². The minimum Gasteiger partial charge on any atom is -0.478 e. The van der Waals surface area contributed by atoms with Gasteiger partial charge >= 0.3 is 5.97 Å². The van der Waals surface area contributed by atoms with Crippen LogP contribution in [0.4, 0.5) is 0 Å². The predicted octanol–water partition coefficient (Wildman–Crippen LogP) is 3.59. The number of rotatable bonds is 5. The third kappa shape index (κ3) is 3.59. The normalized spacial score (nSPS) is 10.7. The van der Waals surface area contributed by atoms with Crippen LogP contribution in [0.25, 0.3) is 0 Å². The van der Waals surface area contributed by atoms with Crippen molar-refractivity contribution in [2.24, 2.45) is 5.16 Å². The molecule has 0 radical (unpaired) electrons. The smallest absolute Gasteiger partial charge is 0.336 e. The van der Waals surface area contributed by atoms with Gasteiger partial charge in [-0.25, -0.2) is 4.79 Å². The van der Waals surface area contributed by atoms with Crippen LogP contribution in [0.5, 0.6) is 0 Å². The average Bonchev–Trinajstić information content (AvgIpc) is 2.45. The maximum Gasteiger partial charge on any atom is 0.336 e. The van der Waals surface area contributed by atoms with Crippen molar-refractivity contribution in [1.29, 1.82) is 0 Å². The number of carbonyl (C=O) groups is 1. The zero-order chi connectivity index (χ0) is 14.4. The molecular weight excluding hydrogens is 278 g/mol. The summed E-state index contributed by atoms with van der Waals surface area (Å²) in [5.74, 6) is -1.00. The number of hydrogen-bond donors (Lipinski definition) is 1. The molecule has 0 aliphatic rings. The number of carboxylic acids is 1. The standard InChI is InChI=1S/C15H12ClNO3/c16-14-8-4-2-6-12(14)10-20-17-9-11-5-1-3-7-13(11)15(18)19/h1-9H,10H2,(H,18,19)/b17-9+. The molecule has 0 aliphatic heterocycles. The molecule has 2 rings (SSSR count). The molecule has 1 N–H and O–H groups in total. The van der Waals surface area contributed by atoms with Crippen molar-refractivity contribution >= 4 is 23.8 Å². The van der Waals surface area contributed by atoms with E-state index in [9.17, 15) is 4.79 Å². The zero-order valence-corrected chi connectivity index (χ0v) is 11.2. The summed E-state index contributed by atoms with van der Waals surface area (Å²) in [5, 5.41) is 13.4. The van der Waals surface area contributed by atoms with E-state index in [4.69, 9.17) is 21.5 Å². The van der Waals surface area contributed by atoms with Gasteiger partial charge < -0.3 is 9.94 Å². The Morgan fingerprint density at radius 2 is 1.90 bits per heavy atom. The highest BCUT2D eigenvalue weighted by atomic mass is 35.5. The summed E-state index contributed by atoms with van der Waals surface area (Å²) in [5.41, 5.74) is 1.48. The molecule has 2 aromatic rings. The Morgan fingerprint density at radius 1 is 1.20 bits per heavy atom. The molecule has 0 saturated heterocycles. The molecule has 0 aliphatic carbocycles. The van der Waals surface area contributed by atoms with E-state index < -0.39 is 5.97 Å². The summed E-state index contributed by atoms with van der Waals surface area (Å²) in [7, 11) is 0. The maximum absolute atomic E-state index is 11.0. The highest BCUT2D eigenvalue weighted by molar-refractivity contribution is 6.31. The minimum atomic E-state index is -1.00. The molecule has 0 unspecified atom stereocenters. The molecule has 0 fully saturated rings. The largest absolute Gasteiger partial charge is 0.478 e. The summed E-state index contributed by atoms with van der Waals surface area (Å²) in [4.78, 5) is 16.1. The molecule has 20 heavy (non-hydrogen) atoms. The Bertz CT molecular complexity index is 641. The van der Waals surface area contributed by atoms with Crippen molar-refractivity contribution < 1.29 is 14.7 Å². The summed E-state index contributed by atoms with van der Waals surface area (Å²) in [6, 6.07) is 13.9. The van der Waals surface area contributed by atoms with E-state index in [1.54, 1.807) is 24.3 Å². The molecule has 0 atom stereocenters. The molecule has 0 saturated carbocycles. The van der Waals surface area contributed by atoms with Crippen molar-refractivity contribution in [2.45, 2.75) is 6.61 Å². The fourth-order valence-corrected chi connectivity index (χ4v) is 1.81. The van der Waals surface area contributed by atoms with Crippen molar-refractivity contribution in [1.82, 2.24) is 0 Å². The molecular formula is C15H12ClNO3. The number of halogens is 1. The number of carboxylic acid groups (broad SMARTS) is 1. The second-order valence-corrected chi connectivity index (χ2v) is 4.40. The van der Waals surface area contributed by atoms with Crippen molar-refractivity contribution in [3.8, 4) is 0 Å². The Balaban J connectivity index is 2.01. The van der Waals surface area contributed by atoms with Crippen LogP contribution in [0.3, 0.4) is 0 Å². The SMILES string of the molecule is O=C(O)c1ccccc1/C=N/OCc1ccccc1Cl. The lowest BCUT2D eigenvalue weighted by molar-refractivity contribution is 0.0696. The van der Waals surface area contributed by atoms with E-state index in [0.717, 1.165) is 5.56 Å². The molecule has 102 valence electrons. The van der Waals surface area contributed by atoms with E-state index in [1.165, 1.54) is 12.3 Å². The van der Waals surface area contributed by atoms with Crippen LogP contribution in [0, 0.1) is 0 Å². The van der Waals surface area contributed by atoms with E-state index in [2.05, 4.69) is 5.16 Å². The van der Waals surface area contributed by atoms with Crippen LogP contribution < -0.4 is 0 Å². The monoisotopic (exact) mass is 289 g/mol. The van der Waals surface area contributed by atoms with Crippen LogP contribution in [0.2, 0.25) is 5.02 Å². The Morgan fingerprint density at radius 3 is 2.65 bits per heavy atom. The van der Waals surface area contributed by atoms with Crippen LogP contribution in [-0.4, -0.2) is 17.3 Å². The lowest BCUT2D eigenvalue weighted by atomic mass is 10.1. The molecule has 0 aromatic heterocycles. The highest BCUT2D eigenvalue weighted by Crippen LogP contribution is 2.15. The third-order valence-corrected chi connectivity index (χ3v) is 3.00. The third-order valence-electron chi connectivity index (χ3n) is 2.64. The van der Waals surface area contributed by atoms with E-state index in [-0.39, 0.29) is 12.2 Å². The second-order valence-electron chi connectivity index (χ2n) is 3.99. The molecule has 0 spiro atoms. The quantitative estimate of drug-likeness (QED) is 0.676. The van der Waals surface area contributed by atoms with Gasteiger partial charge in [-0.05, 0) is 12.1 Å². The van der Waals surface area contributed by atoms with Gasteiger partial charge in [0.2, 0.25) is 0 Å². The number of benzene rings is 2. The van der Waals surface area contributed by atoms with Crippen LogP contribution in [0.1, 0.15) is 21.5 Å². The van der Waals surface area contributed by atoms with Crippen molar-refractivity contribution in [3.63, 3.8) is 0 Å². The Kier molecular flexibility index (Phi) is 4.74. The average molecular weight is 290 g/mol. The molecule has 0 heterocycles. The summed E-state index contributed by atoms with van der Waals surface area (Å²) >= 11 is 5.98. The fraction of sp³-hybridized carbons (Fsp3) is 0.0667. The van der Waals surface area contributed by atoms with Gasteiger partial charge in [0.25, 0.3) is 0 Å². The lowest BCUT2D eigenvalue weighted by Crippen LogP contribution is -2.01. The van der Waals surface area contributed by atoms with Crippen molar-refractivity contribution in [3.05, 3.63) is 70.2 Å². The summed E-state index contributed by atoms with van der Waals surface area (Å²) < 4.78 is 0. The van der Waals surface area contributed by atoms with Crippen LogP contribution in [0.15, 0.2) is 53.7 Å². The zero-order valence-electron chi connectivity index (χ0n) is 10.5. The Labute approximate surface area is 121 Å². The van der Waals surface area contributed by atoms with Gasteiger partial charge in [0.15, 0.2) is 0 Å². The second kappa shape index (κ2) is 6.73.